The average molecular weight is 901 g/mol. The molecule has 1 aliphatic heterocycles. The maximum absolute atomic E-state index is 15.8. The number of ketones is 1. The van der Waals surface area contributed by atoms with E-state index in [9.17, 15) is 0 Å². The van der Waals surface area contributed by atoms with E-state index in [1.807, 2.05) is 170 Å². The first-order chi connectivity index (χ1) is 33.1. The summed E-state index contributed by atoms with van der Waals surface area (Å²) in [6.45, 7) is 1.70. The van der Waals surface area contributed by atoms with Gasteiger partial charge in [-0.1, -0.05) is 194 Å². The van der Waals surface area contributed by atoms with Crippen LogP contribution in [0.4, 0.5) is 0 Å². The molecule has 0 aromatic heterocycles. The van der Waals surface area contributed by atoms with Crippen molar-refractivity contribution in [2.45, 2.75) is 95.1 Å². The third kappa shape index (κ3) is 11.8. The van der Waals surface area contributed by atoms with Crippen molar-refractivity contribution in [2.75, 3.05) is 7.11 Å². The first-order valence-corrected chi connectivity index (χ1v) is 23.4. The van der Waals surface area contributed by atoms with Crippen molar-refractivity contribution >= 4 is 5.78 Å². The lowest BCUT2D eigenvalue weighted by Gasteiger charge is -2.53. The van der Waals surface area contributed by atoms with Gasteiger partial charge < -0.3 is 37.9 Å². The van der Waals surface area contributed by atoms with Crippen LogP contribution in [0.3, 0.4) is 0 Å². The number of allylic oxidation sites excluding steroid dienone is 1. The molecule has 3 unspecified atom stereocenters. The van der Waals surface area contributed by atoms with Crippen molar-refractivity contribution in [2.24, 2.45) is 17.8 Å². The zero-order valence-electron chi connectivity index (χ0n) is 38.0. The highest BCUT2D eigenvalue weighted by molar-refractivity contribution is 5.88. The number of carbonyl (C=O) groups excluding carboxylic acids is 1. The van der Waals surface area contributed by atoms with Gasteiger partial charge in [0.15, 0.2) is 12.1 Å². The van der Waals surface area contributed by atoms with E-state index in [1.54, 1.807) is 7.11 Å². The Morgan fingerprint density at radius 3 is 1.21 bits per heavy atom. The summed E-state index contributed by atoms with van der Waals surface area (Å²) in [5.74, 6) is -1.46. The van der Waals surface area contributed by atoms with Crippen molar-refractivity contribution in [3.05, 3.63) is 228 Å². The molecule has 1 saturated heterocycles. The van der Waals surface area contributed by atoms with E-state index in [0.29, 0.717) is 26.2 Å². The number of hydrogen-bond acceptors (Lipinski definition) is 9. The second-order valence-corrected chi connectivity index (χ2v) is 17.6. The van der Waals surface area contributed by atoms with E-state index in [0.717, 1.165) is 33.4 Å². The Kier molecular flexibility index (Phi) is 16.3. The zero-order chi connectivity index (χ0) is 45.6. The monoisotopic (exact) mass is 900 g/mol. The fourth-order valence-electron chi connectivity index (χ4n) is 9.82. The fourth-order valence-corrected chi connectivity index (χ4v) is 9.82. The molecule has 3 aliphatic rings. The Morgan fingerprint density at radius 2 is 0.791 bits per heavy atom. The molecule has 0 spiro atoms. The first-order valence-electron chi connectivity index (χ1n) is 23.4. The molecule has 346 valence electrons. The molecule has 6 aromatic carbocycles. The molecule has 2 aliphatic carbocycles. The van der Waals surface area contributed by atoms with Crippen LogP contribution >= 0.6 is 0 Å². The van der Waals surface area contributed by atoms with Gasteiger partial charge in [0.05, 0.1) is 51.8 Å². The minimum Gasteiger partial charge on any atom is -0.370 e. The highest BCUT2D eigenvalue weighted by atomic mass is 16.7. The molecular formula is C58H60O9. The Balaban J connectivity index is 1.10. The van der Waals surface area contributed by atoms with E-state index in [1.165, 1.54) is 0 Å². The van der Waals surface area contributed by atoms with Gasteiger partial charge in [0.2, 0.25) is 0 Å². The molecule has 9 nitrogen and oxygen atoms in total. The van der Waals surface area contributed by atoms with Crippen LogP contribution in [-0.4, -0.2) is 61.9 Å². The Bertz CT molecular complexity index is 2400. The number of hydrogen-bond donors (Lipinski definition) is 0. The molecule has 0 amide bonds. The lowest BCUT2D eigenvalue weighted by atomic mass is 9.62. The maximum atomic E-state index is 15.8. The first kappa shape index (κ1) is 46.5. The summed E-state index contributed by atoms with van der Waals surface area (Å²) < 4.78 is 55.0. The molecule has 6 aromatic rings. The van der Waals surface area contributed by atoms with Crippen molar-refractivity contribution in [3.63, 3.8) is 0 Å². The second kappa shape index (κ2) is 23.4. The fraction of sp³-hybridized carbons (Fsp3) is 0.328. The van der Waals surface area contributed by atoms with Crippen molar-refractivity contribution in [1.29, 1.82) is 0 Å². The molecular weight excluding hydrogens is 841 g/mol. The van der Waals surface area contributed by atoms with Gasteiger partial charge in [0, 0.05) is 24.9 Å². The smallest absolute Gasteiger partial charge is 0.186 e. The molecule has 9 rings (SSSR count). The number of carbonyl (C=O) groups is 1. The van der Waals surface area contributed by atoms with Gasteiger partial charge in [-0.3, -0.25) is 4.79 Å². The quantitative estimate of drug-likeness (QED) is 0.0695. The standard InChI is InChI=1S/C58H60O9/c1-60-58-57(66-40-46-31-18-7-19-32-46)56(65-39-45-29-16-6-17-30-45)55(64-38-44-27-14-5-15-28-44)52(67-58)48-34-20-33-47-49(48)50(59)53(62-36-42-23-10-3-11-24-42)54(63-37-43-25-12-4-13-26-43)51(47)61-35-41-21-8-2-9-22-41/h2-33,47-49,51-58H,34-40H2,1H3/t47?,48?,49?,51-,52-,53+,54+,55-,56+,57-,58+/m1/s1. The molecule has 9 heteroatoms. The van der Waals surface area contributed by atoms with E-state index in [2.05, 4.69) is 24.3 Å². The van der Waals surface area contributed by atoms with Crippen LogP contribution in [0.15, 0.2) is 194 Å². The molecule has 0 bridgehead atoms. The van der Waals surface area contributed by atoms with Crippen molar-refractivity contribution < 1.29 is 42.7 Å². The SMILES string of the molecule is CO[C@H]1O[C@H](C2CC=CC3C2C(=O)[C@H](OCc2ccccc2)[C@@H](OCc2ccccc2)[C@@H]3OCc2ccccc2)[C@@H](OCc2ccccc2)[C@H](OCc2ccccc2)[C@H]1OCc1ccccc1. The van der Waals surface area contributed by atoms with Crippen LogP contribution in [0.2, 0.25) is 0 Å². The van der Waals surface area contributed by atoms with E-state index >= 15 is 4.79 Å². The average Bonchev–Trinajstić information content (AvgIpc) is 3.39. The number of methoxy groups -OCH3 is 1. The number of fused-ring (bicyclic) bond motifs is 1. The van der Waals surface area contributed by atoms with Gasteiger partial charge in [-0.2, -0.15) is 0 Å². The second-order valence-electron chi connectivity index (χ2n) is 17.6. The van der Waals surface area contributed by atoms with Gasteiger partial charge in [0.1, 0.15) is 30.5 Å². The number of ether oxygens (including phenoxy) is 8. The Morgan fingerprint density at radius 1 is 0.433 bits per heavy atom. The number of Topliss-reactive ketones (excluding diaryl/α,β-unsaturated/α-hetero) is 1. The van der Waals surface area contributed by atoms with Crippen molar-refractivity contribution in [1.82, 2.24) is 0 Å². The van der Waals surface area contributed by atoms with E-state index < -0.39 is 60.9 Å². The predicted octanol–water partition coefficient (Wildman–Crippen LogP) is 10.3. The lowest BCUT2D eigenvalue weighted by Crippen LogP contribution is -2.66. The predicted molar refractivity (Wildman–Crippen MR) is 255 cm³/mol. The minimum absolute atomic E-state index is 0.0588. The molecule has 1 heterocycles. The van der Waals surface area contributed by atoms with Gasteiger partial charge >= 0.3 is 0 Å². The minimum atomic E-state index is -0.961. The van der Waals surface area contributed by atoms with Gasteiger partial charge in [0.25, 0.3) is 0 Å². The largest absolute Gasteiger partial charge is 0.370 e. The van der Waals surface area contributed by atoms with Gasteiger partial charge in [-0.25, -0.2) is 0 Å². The van der Waals surface area contributed by atoms with E-state index in [-0.39, 0.29) is 31.5 Å². The summed E-state index contributed by atoms with van der Waals surface area (Å²) >= 11 is 0. The normalized spacial score (nSPS) is 27.1. The highest BCUT2D eigenvalue weighted by Crippen LogP contribution is 2.47. The highest BCUT2D eigenvalue weighted by Gasteiger charge is 2.59. The summed E-state index contributed by atoms with van der Waals surface area (Å²) in [5.41, 5.74) is 5.96. The number of rotatable bonds is 20. The van der Waals surface area contributed by atoms with Gasteiger partial charge in [-0.05, 0) is 39.8 Å². The molecule has 2 fully saturated rings. The summed E-state index contributed by atoms with van der Waals surface area (Å²) in [4.78, 5) is 15.8. The molecule has 67 heavy (non-hydrogen) atoms. The van der Waals surface area contributed by atoms with Crippen LogP contribution in [0.1, 0.15) is 39.8 Å². The number of benzene rings is 6. The summed E-state index contributed by atoms with van der Waals surface area (Å²) in [7, 11) is 1.63. The van der Waals surface area contributed by atoms with Crippen LogP contribution in [0.25, 0.3) is 0 Å². The van der Waals surface area contributed by atoms with Crippen molar-refractivity contribution in [3.8, 4) is 0 Å². The van der Waals surface area contributed by atoms with Gasteiger partial charge in [-0.15, -0.1) is 0 Å². The molecule has 0 radical (unpaired) electrons. The lowest BCUT2D eigenvalue weighted by molar-refractivity contribution is -0.329. The maximum Gasteiger partial charge on any atom is 0.186 e. The zero-order valence-corrected chi connectivity index (χ0v) is 38.0. The van der Waals surface area contributed by atoms with Crippen LogP contribution in [0.5, 0.6) is 0 Å². The summed E-state index contributed by atoms with van der Waals surface area (Å²) in [6.07, 6.45) is -1.01. The third-order valence-corrected chi connectivity index (χ3v) is 13.1. The van der Waals surface area contributed by atoms with Crippen LogP contribution in [0, 0.1) is 17.8 Å². The van der Waals surface area contributed by atoms with Crippen LogP contribution < -0.4 is 0 Å². The third-order valence-electron chi connectivity index (χ3n) is 13.1. The van der Waals surface area contributed by atoms with E-state index in [4.69, 9.17) is 37.9 Å². The molecule has 1 saturated carbocycles. The summed E-state index contributed by atoms with van der Waals surface area (Å²) in [5, 5.41) is 0. The molecule has 11 atom stereocenters. The Labute approximate surface area is 394 Å². The topological polar surface area (TPSA) is 90.9 Å². The molecule has 0 N–H and O–H groups in total. The Hall–Kier alpha value is -5.59. The van der Waals surface area contributed by atoms with Crippen LogP contribution in [-0.2, 0) is 82.3 Å². The summed E-state index contributed by atoms with van der Waals surface area (Å²) in [6, 6.07) is 60.3.